The van der Waals surface area contributed by atoms with Crippen molar-refractivity contribution in [3.05, 3.63) is 28.8 Å². The van der Waals surface area contributed by atoms with E-state index in [1.807, 2.05) is 0 Å². The van der Waals surface area contributed by atoms with Crippen molar-refractivity contribution in [2.45, 2.75) is 158 Å². The minimum Gasteiger partial charge on any atom is -0.190 e. The fourth-order valence-electron chi connectivity index (χ4n) is 5.58. The van der Waals surface area contributed by atoms with E-state index in [0.29, 0.717) is 0 Å². The number of benzene rings is 1. The molecule has 39 heavy (non-hydrogen) atoms. The van der Waals surface area contributed by atoms with E-state index in [2.05, 4.69) is 144 Å². The largest absolute Gasteiger partial charge is 0.316 e. The Morgan fingerprint density at radius 3 is 1.33 bits per heavy atom. The highest BCUT2D eigenvalue weighted by molar-refractivity contribution is 8.04. The monoisotopic (exact) mass is 596 g/mol. The Kier molecular flexibility index (Phi) is 10.6. The Bertz CT molecular complexity index is 1050. The number of rotatable bonds is 8. The van der Waals surface area contributed by atoms with E-state index in [0.717, 1.165) is 13.5 Å². The third kappa shape index (κ3) is 7.26. The van der Waals surface area contributed by atoms with Crippen LogP contribution in [0.3, 0.4) is 0 Å². The average molecular weight is 597 g/mol. The molecule has 0 bridgehead atoms. The van der Waals surface area contributed by atoms with E-state index in [9.17, 15) is 0 Å². The molecule has 8 heteroatoms. The lowest BCUT2D eigenvalue weighted by Gasteiger charge is -2.43. The van der Waals surface area contributed by atoms with Gasteiger partial charge in [0.25, 0.3) is 0 Å². The topological polar surface area (TPSA) is 37.2 Å². The van der Waals surface area contributed by atoms with E-state index in [-0.39, 0.29) is 40.4 Å². The molecular weight excluding hydrogens is 540 g/mol. The summed E-state index contributed by atoms with van der Waals surface area (Å²) >= 11 is 7.99. The van der Waals surface area contributed by atoms with Crippen LogP contribution >= 0.6 is 26.5 Å². The van der Waals surface area contributed by atoms with Crippen LogP contribution in [-0.2, 0) is 16.2 Å². The molecule has 2 rings (SSSR count). The maximum Gasteiger partial charge on any atom is 0.316 e. The van der Waals surface area contributed by atoms with E-state index in [1.54, 1.807) is 0 Å². The van der Waals surface area contributed by atoms with Gasteiger partial charge in [-0.1, -0.05) is 84.8 Å². The van der Waals surface area contributed by atoms with Crippen molar-refractivity contribution in [1.29, 1.82) is 0 Å². The Morgan fingerprint density at radius 2 is 1.05 bits per heavy atom. The summed E-state index contributed by atoms with van der Waals surface area (Å²) in [5, 5.41) is 10.8. The second kappa shape index (κ2) is 12.0. The first kappa shape index (κ1) is 34.6. The Hall–Kier alpha value is -0.570. The van der Waals surface area contributed by atoms with Crippen molar-refractivity contribution in [2.24, 2.45) is 0 Å². The molecule has 0 unspecified atom stereocenters. The molecule has 0 saturated heterocycles. The van der Waals surface area contributed by atoms with Gasteiger partial charge in [-0.3, -0.25) is 0 Å². The zero-order valence-corrected chi connectivity index (χ0v) is 30.5. The third-order valence-corrected chi connectivity index (χ3v) is 14.6. The minimum atomic E-state index is -2.53. The molecule has 222 valence electrons. The van der Waals surface area contributed by atoms with E-state index in [4.69, 9.17) is 21.6 Å². The molecule has 0 spiro atoms. The van der Waals surface area contributed by atoms with Crippen LogP contribution in [0.1, 0.15) is 134 Å². The fourth-order valence-corrected chi connectivity index (χ4v) is 13.3. The number of nitrogens with zero attached hydrogens (tertiary/aromatic N) is 5. The van der Waals surface area contributed by atoms with Crippen LogP contribution < -0.4 is 5.17 Å². The second-order valence-electron chi connectivity index (χ2n) is 15.2. The smallest absolute Gasteiger partial charge is 0.190 e. The first-order valence-electron chi connectivity index (χ1n) is 14.6. The summed E-state index contributed by atoms with van der Waals surface area (Å²) in [6.07, 6.45) is 0. The average Bonchev–Trinajstić information content (AvgIpc) is 3.20. The molecule has 2 aromatic rings. The number of hydrogen-bond donors (Lipinski definition) is 0. The molecule has 0 radical (unpaired) electrons. The summed E-state index contributed by atoms with van der Waals surface area (Å²) in [5.74, 6) is 0. The number of aromatic nitrogens is 3. The van der Waals surface area contributed by atoms with Crippen LogP contribution in [0.25, 0.3) is 5.69 Å². The van der Waals surface area contributed by atoms with Crippen molar-refractivity contribution in [3.8, 4) is 5.69 Å². The predicted molar refractivity (Wildman–Crippen MR) is 177 cm³/mol. The standard InChI is InChI=1S/C31H57ClN5P2/c1-20(2)35(21(3)4)39(32,36(22(5)6)23(7)8)28-33-34-37(38-28)27-25(30(12,13)14)18-24(29(9,10)11)19-26(27)31(15,16)17/h18-23H,1-17H3/q+1. The third-order valence-electron chi connectivity index (χ3n) is 7.18. The van der Waals surface area contributed by atoms with Gasteiger partial charge in [0.1, 0.15) is 19.6 Å². The van der Waals surface area contributed by atoms with Gasteiger partial charge in [0.05, 0.1) is 5.69 Å². The normalized spacial score (nSPS) is 14.5. The lowest BCUT2D eigenvalue weighted by atomic mass is 9.74. The van der Waals surface area contributed by atoms with Crippen LogP contribution in [0.15, 0.2) is 12.1 Å². The predicted octanol–water partition coefficient (Wildman–Crippen LogP) is 9.60. The molecule has 0 aliphatic rings. The molecular formula is C31H57ClN5P2+. The molecule has 0 N–H and O–H groups in total. The SMILES string of the molecule is CC(C)N(C(C)C)[P+](Cl)(c1nnn(-c2c(C(C)(C)C)cc(C(C)(C)C)cc2C(C)(C)C)p1)N(C(C)C)C(C)C. The molecule has 5 nitrogen and oxygen atoms in total. The van der Waals surface area contributed by atoms with Crippen LogP contribution in [-0.4, -0.2) is 48.3 Å². The first-order valence-corrected chi connectivity index (χ1v) is 18.1. The van der Waals surface area contributed by atoms with Gasteiger partial charge in [0, 0.05) is 24.2 Å². The molecule has 0 saturated carbocycles. The quantitative estimate of drug-likeness (QED) is 0.284. The number of halogens is 1. The lowest BCUT2D eigenvalue weighted by molar-refractivity contribution is 0.256. The van der Waals surface area contributed by atoms with Crippen molar-refractivity contribution in [1.82, 2.24) is 24.1 Å². The molecule has 0 atom stereocenters. The first-order chi connectivity index (χ1) is 17.5. The molecule has 0 fully saturated rings. The van der Waals surface area contributed by atoms with Crippen LogP contribution in [0.5, 0.6) is 0 Å². The lowest BCUT2D eigenvalue weighted by Crippen LogP contribution is -2.49. The van der Waals surface area contributed by atoms with Gasteiger partial charge in [-0.2, -0.15) is 4.44 Å². The molecule has 1 heterocycles. The molecule has 1 aromatic heterocycles. The Morgan fingerprint density at radius 1 is 0.692 bits per heavy atom. The van der Waals surface area contributed by atoms with E-state index < -0.39 is 6.92 Å². The highest BCUT2D eigenvalue weighted by Gasteiger charge is 2.59. The highest BCUT2D eigenvalue weighted by Crippen LogP contribution is 2.72. The van der Waals surface area contributed by atoms with E-state index >= 15 is 0 Å². The molecule has 1 aromatic carbocycles. The maximum atomic E-state index is 7.99. The summed E-state index contributed by atoms with van der Waals surface area (Å²) in [7, 11) is 0.941. The summed E-state index contributed by atoms with van der Waals surface area (Å²) < 4.78 is 7.12. The minimum absolute atomic E-state index is 0.0426. The molecule has 0 aliphatic heterocycles. The fraction of sp³-hybridized carbons (Fsp3) is 0.774. The highest BCUT2D eigenvalue weighted by atomic mass is 35.7. The van der Waals surface area contributed by atoms with Gasteiger partial charge in [-0.25, -0.2) is 0 Å². The molecule has 0 amide bonds. The van der Waals surface area contributed by atoms with Gasteiger partial charge < -0.3 is 0 Å². The Labute approximate surface area is 247 Å². The molecule has 0 aliphatic carbocycles. The van der Waals surface area contributed by atoms with E-state index in [1.165, 1.54) is 22.4 Å². The summed E-state index contributed by atoms with van der Waals surface area (Å²) in [6.45, 7) is 36.2. The van der Waals surface area contributed by atoms with Crippen molar-refractivity contribution < 1.29 is 0 Å². The Balaban J connectivity index is 3.02. The van der Waals surface area contributed by atoms with Gasteiger partial charge >= 0.3 is 12.1 Å². The zero-order chi connectivity index (χ0) is 30.5. The summed E-state index contributed by atoms with van der Waals surface area (Å²) in [6, 6.07) is 5.88. The van der Waals surface area contributed by atoms with Gasteiger partial charge in [0.2, 0.25) is 0 Å². The second-order valence-corrected chi connectivity index (χ2v) is 20.4. The zero-order valence-electron chi connectivity index (χ0n) is 28.0. The van der Waals surface area contributed by atoms with Crippen molar-refractivity contribution in [2.75, 3.05) is 0 Å². The van der Waals surface area contributed by atoms with Gasteiger partial charge in [-0.05, 0) is 88.3 Å². The van der Waals surface area contributed by atoms with Gasteiger partial charge in [-0.15, -0.1) is 9.34 Å². The summed E-state index contributed by atoms with van der Waals surface area (Å²) in [5.41, 5.74) is 5.05. The van der Waals surface area contributed by atoms with Crippen molar-refractivity contribution in [3.63, 3.8) is 0 Å². The van der Waals surface area contributed by atoms with Gasteiger partial charge in [0.15, 0.2) is 0 Å². The van der Waals surface area contributed by atoms with Crippen LogP contribution in [0.2, 0.25) is 0 Å². The van der Waals surface area contributed by atoms with Crippen LogP contribution in [0, 0.1) is 0 Å². The maximum absolute atomic E-state index is 7.99. The summed E-state index contributed by atoms with van der Waals surface area (Å²) in [4.78, 5) is 0. The number of hydrogen-bond acceptors (Lipinski definition) is 4. The van der Waals surface area contributed by atoms with Crippen LogP contribution in [0.4, 0.5) is 0 Å². The van der Waals surface area contributed by atoms with Crippen molar-refractivity contribution >= 4 is 31.7 Å².